The van der Waals surface area contributed by atoms with Crippen LogP contribution in [0.4, 0.5) is 10.2 Å². The van der Waals surface area contributed by atoms with Gasteiger partial charge in [0.05, 0.1) is 40.9 Å². The van der Waals surface area contributed by atoms with Crippen LogP contribution in [0.5, 0.6) is 5.75 Å². The zero-order chi connectivity index (χ0) is 23.9. The summed E-state index contributed by atoms with van der Waals surface area (Å²) in [6, 6.07) is 15.0. The van der Waals surface area contributed by atoms with E-state index < -0.39 is 5.95 Å². The Labute approximate surface area is 214 Å². The summed E-state index contributed by atoms with van der Waals surface area (Å²) in [5.41, 5.74) is 3.80. The van der Waals surface area contributed by atoms with Crippen molar-refractivity contribution in [2.24, 2.45) is 0 Å². The molecule has 178 valence electrons. The van der Waals surface area contributed by atoms with E-state index in [0.29, 0.717) is 37.8 Å². The Hall–Kier alpha value is -2.41. The fraction of sp³-hybridized carbons (Fsp3) is 0.250. The highest BCUT2D eigenvalue weighted by molar-refractivity contribution is 14.2. The summed E-state index contributed by atoms with van der Waals surface area (Å²) in [5, 5.41) is 0. The number of ether oxygens (including phenoxy) is 2. The normalized spacial score (nSPS) is 11.2. The van der Waals surface area contributed by atoms with Gasteiger partial charge in [-0.2, -0.15) is 4.39 Å². The van der Waals surface area contributed by atoms with Crippen molar-refractivity contribution in [1.82, 2.24) is 14.4 Å². The molecule has 0 saturated carbocycles. The second-order valence-corrected chi connectivity index (χ2v) is 9.02. The number of nitrogens with zero attached hydrogens (tertiary/aromatic N) is 4. The first-order valence-corrected chi connectivity index (χ1v) is 13.9. The molecule has 1 aromatic carbocycles. The van der Waals surface area contributed by atoms with Gasteiger partial charge < -0.3 is 23.0 Å². The molecule has 0 aliphatic rings. The third-order valence-corrected chi connectivity index (χ3v) is 6.08. The third-order valence-electron chi connectivity index (χ3n) is 5.06. The molecular weight excluding hydrogens is 570 g/mol. The Morgan fingerprint density at radius 1 is 0.912 bits per heavy atom. The summed E-state index contributed by atoms with van der Waals surface area (Å²) in [6.45, 7) is 2.02. The van der Waals surface area contributed by atoms with Gasteiger partial charge in [0.25, 0.3) is 0 Å². The lowest BCUT2D eigenvalue weighted by molar-refractivity contribution is 0.0815. The zero-order valence-electron chi connectivity index (χ0n) is 18.8. The second kappa shape index (κ2) is 11.8. The highest BCUT2D eigenvalue weighted by Crippen LogP contribution is 2.27. The van der Waals surface area contributed by atoms with Crippen LogP contribution in [-0.2, 0) is 8.92 Å². The van der Waals surface area contributed by atoms with Crippen LogP contribution in [0.15, 0.2) is 60.9 Å². The lowest BCUT2D eigenvalue weighted by Crippen LogP contribution is -2.11. The molecule has 7 nitrogen and oxygen atoms in total. The largest absolute Gasteiger partial charge is 0.490 e. The van der Waals surface area contributed by atoms with Gasteiger partial charge >= 0.3 is 0 Å². The molecular formula is C24H24FIN4O3S. The average Bonchev–Trinajstić information content (AvgIpc) is 3.27. The number of halogens is 2. The van der Waals surface area contributed by atoms with Gasteiger partial charge in [-0.25, -0.2) is 9.97 Å². The van der Waals surface area contributed by atoms with E-state index in [9.17, 15) is 4.39 Å². The van der Waals surface area contributed by atoms with Crippen molar-refractivity contribution in [3.05, 3.63) is 66.9 Å². The van der Waals surface area contributed by atoms with E-state index in [2.05, 4.69) is 31.2 Å². The number of hydrogen-bond donors (Lipinski definition) is 0. The lowest BCUT2D eigenvalue weighted by Gasteiger charge is -2.12. The van der Waals surface area contributed by atoms with E-state index in [0.717, 1.165) is 28.2 Å². The van der Waals surface area contributed by atoms with Crippen LogP contribution in [0.1, 0.15) is 0 Å². The molecule has 0 N–H and O–H groups in total. The number of anilines is 1. The van der Waals surface area contributed by atoms with Crippen LogP contribution in [0.2, 0.25) is 0 Å². The van der Waals surface area contributed by atoms with Crippen molar-refractivity contribution >= 4 is 41.9 Å². The van der Waals surface area contributed by atoms with Gasteiger partial charge in [0.2, 0.25) is 5.95 Å². The number of imidazole rings is 1. The predicted octanol–water partition coefficient (Wildman–Crippen LogP) is 5.68. The summed E-state index contributed by atoms with van der Waals surface area (Å²) >= 11 is 2.07. The van der Waals surface area contributed by atoms with Gasteiger partial charge in [0, 0.05) is 52.6 Å². The molecule has 34 heavy (non-hydrogen) atoms. The predicted molar refractivity (Wildman–Crippen MR) is 142 cm³/mol. The molecule has 3 aromatic heterocycles. The van der Waals surface area contributed by atoms with Gasteiger partial charge in [-0.3, -0.25) is 0 Å². The molecule has 0 amide bonds. The highest BCUT2D eigenvalue weighted by Gasteiger charge is 2.11. The molecule has 0 unspecified atom stereocenters. The van der Waals surface area contributed by atoms with Gasteiger partial charge in [-0.1, -0.05) is 24.3 Å². The standard InChI is InChI=1S/C24H24FIN4O3S/c1-29(2)22-10-8-20(24(25)28-22)17-3-5-18(6-4-17)21-16-30-15-19(7-9-23(30)27-21)32-13-11-31-12-14-33-34-26/h3-10,15-16H,11-14H2,1-2H3. The Morgan fingerprint density at radius 3 is 2.41 bits per heavy atom. The first-order chi connectivity index (χ1) is 16.5. The molecule has 0 bridgehead atoms. The topological polar surface area (TPSA) is 61.1 Å². The summed E-state index contributed by atoms with van der Waals surface area (Å²) in [4.78, 5) is 10.5. The van der Waals surface area contributed by atoms with Crippen molar-refractivity contribution in [3.8, 4) is 28.1 Å². The van der Waals surface area contributed by atoms with Crippen LogP contribution in [0.3, 0.4) is 0 Å². The molecule has 4 aromatic rings. The summed E-state index contributed by atoms with van der Waals surface area (Å²) in [5.74, 6) is 0.829. The van der Waals surface area contributed by atoms with E-state index >= 15 is 0 Å². The van der Waals surface area contributed by atoms with E-state index in [-0.39, 0.29) is 0 Å². The third kappa shape index (κ3) is 6.17. The van der Waals surface area contributed by atoms with Crippen molar-refractivity contribution in [3.63, 3.8) is 0 Å². The van der Waals surface area contributed by atoms with Crippen LogP contribution >= 0.6 is 30.4 Å². The Balaban J connectivity index is 1.41. The maximum Gasteiger partial charge on any atom is 0.222 e. The van der Waals surface area contributed by atoms with E-state index in [4.69, 9.17) is 13.7 Å². The quantitative estimate of drug-likeness (QED) is 0.0959. The molecule has 0 atom stereocenters. The Bertz CT molecular complexity index is 1240. The van der Waals surface area contributed by atoms with Crippen molar-refractivity contribution in [2.45, 2.75) is 0 Å². The number of pyridine rings is 2. The number of hydrogen-bond acceptors (Lipinski definition) is 7. The smallest absolute Gasteiger partial charge is 0.222 e. The molecule has 0 radical (unpaired) electrons. The highest BCUT2D eigenvalue weighted by atomic mass is 127. The van der Waals surface area contributed by atoms with Gasteiger partial charge in [-0.05, 0) is 29.8 Å². The van der Waals surface area contributed by atoms with E-state index in [1.165, 1.54) is 9.21 Å². The van der Waals surface area contributed by atoms with Crippen molar-refractivity contribution < 1.29 is 18.0 Å². The zero-order valence-corrected chi connectivity index (χ0v) is 21.8. The minimum absolute atomic E-state index is 0.451. The molecule has 4 rings (SSSR count). The van der Waals surface area contributed by atoms with Gasteiger partial charge in [0.1, 0.15) is 23.8 Å². The molecule has 3 heterocycles. The summed E-state index contributed by atoms with van der Waals surface area (Å²) in [7, 11) is 4.96. The molecule has 0 fully saturated rings. The van der Waals surface area contributed by atoms with Crippen LogP contribution < -0.4 is 9.64 Å². The Morgan fingerprint density at radius 2 is 1.68 bits per heavy atom. The van der Waals surface area contributed by atoms with Gasteiger partial charge in [0.15, 0.2) is 0 Å². The molecule has 10 heteroatoms. The maximum atomic E-state index is 14.5. The fourth-order valence-corrected chi connectivity index (χ4v) is 4.02. The SMILES string of the molecule is CN(C)c1ccc(-c2ccc(-c3cn4cc(OCCOCCOSI)ccc4n3)cc2)c(F)n1. The van der Waals surface area contributed by atoms with Crippen molar-refractivity contribution in [2.75, 3.05) is 45.4 Å². The first kappa shape index (κ1) is 24.7. The number of fused-ring (bicyclic) bond motifs is 1. The van der Waals surface area contributed by atoms with Crippen LogP contribution in [-0.4, -0.2) is 54.9 Å². The summed E-state index contributed by atoms with van der Waals surface area (Å²) < 4.78 is 32.8. The van der Waals surface area contributed by atoms with Crippen LogP contribution in [0.25, 0.3) is 28.0 Å². The maximum absolute atomic E-state index is 14.5. The van der Waals surface area contributed by atoms with Gasteiger partial charge in [-0.15, -0.1) is 0 Å². The van der Waals surface area contributed by atoms with Crippen LogP contribution in [0, 0.1) is 5.95 Å². The minimum Gasteiger partial charge on any atom is -0.490 e. The lowest BCUT2D eigenvalue weighted by atomic mass is 10.0. The molecule has 0 saturated heterocycles. The summed E-state index contributed by atoms with van der Waals surface area (Å²) in [6.07, 6.45) is 3.84. The van der Waals surface area contributed by atoms with Crippen molar-refractivity contribution in [1.29, 1.82) is 0 Å². The number of aromatic nitrogens is 3. The Kier molecular flexibility index (Phi) is 8.59. The van der Waals surface area contributed by atoms with E-state index in [1.807, 2.05) is 67.3 Å². The number of benzene rings is 1. The number of rotatable bonds is 11. The monoisotopic (exact) mass is 594 g/mol. The molecule has 0 aliphatic heterocycles. The second-order valence-electron chi connectivity index (χ2n) is 7.58. The fourth-order valence-electron chi connectivity index (χ4n) is 3.35. The van der Waals surface area contributed by atoms with E-state index in [1.54, 1.807) is 17.0 Å². The molecule has 0 spiro atoms. The average molecular weight is 594 g/mol. The first-order valence-electron chi connectivity index (χ1n) is 10.6. The molecule has 0 aliphatic carbocycles. The minimum atomic E-state index is -0.488.